The molecule has 1 N–H and O–H groups in total. The minimum atomic E-state index is 0.142. The smallest absolute Gasteiger partial charge is 0.219 e. The second-order valence-electron chi connectivity index (χ2n) is 9.23. The van der Waals surface area contributed by atoms with Crippen LogP contribution < -0.4 is 4.74 Å². The number of hydrogen-bond donors (Lipinski definition) is 1. The molecule has 0 saturated heterocycles. The molecule has 5 heteroatoms. The van der Waals surface area contributed by atoms with Crippen LogP contribution >= 0.6 is 0 Å². The summed E-state index contributed by atoms with van der Waals surface area (Å²) in [6.45, 7) is 8.22. The normalized spacial score (nSPS) is 11.5. The van der Waals surface area contributed by atoms with Crippen molar-refractivity contribution < 1.29 is 9.84 Å². The van der Waals surface area contributed by atoms with E-state index in [-0.39, 0.29) is 5.75 Å². The summed E-state index contributed by atoms with van der Waals surface area (Å²) in [4.78, 5) is 9.43. The summed E-state index contributed by atoms with van der Waals surface area (Å²) >= 11 is 0. The van der Waals surface area contributed by atoms with Crippen LogP contribution in [0.2, 0.25) is 0 Å². The molecular weight excluding hydrogens is 434 g/mol. The Bertz CT molecular complexity index is 1760. The van der Waals surface area contributed by atoms with Crippen LogP contribution in [0.3, 0.4) is 0 Å². The largest absolute Gasteiger partial charge is 0.506 e. The molecule has 0 fully saturated rings. The lowest BCUT2D eigenvalue weighted by Crippen LogP contribution is -2.00. The van der Waals surface area contributed by atoms with E-state index in [1.165, 1.54) is 10.9 Å². The Morgan fingerprint density at radius 1 is 0.686 bits per heavy atom. The molecule has 0 amide bonds. The van der Waals surface area contributed by atoms with E-state index >= 15 is 0 Å². The molecule has 0 aliphatic heterocycles. The Morgan fingerprint density at radius 3 is 2.23 bits per heavy atom. The van der Waals surface area contributed by atoms with Gasteiger partial charge >= 0.3 is 0 Å². The zero-order chi connectivity index (χ0) is 24.3. The maximum atomic E-state index is 10.3. The summed E-state index contributed by atoms with van der Waals surface area (Å²) in [5, 5.41) is 13.5. The average Bonchev–Trinajstić information content (AvgIpc) is 3.13. The molecule has 35 heavy (non-hydrogen) atoms. The lowest BCUT2D eigenvalue weighted by molar-refractivity contribution is 0.460. The maximum absolute atomic E-state index is 10.3. The van der Waals surface area contributed by atoms with Gasteiger partial charge in [-0.1, -0.05) is 18.2 Å². The first-order chi connectivity index (χ1) is 16.9. The van der Waals surface area contributed by atoms with Crippen molar-refractivity contribution >= 4 is 32.7 Å². The van der Waals surface area contributed by atoms with Gasteiger partial charge in [0.25, 0.3) is 0 Å². The number of aryl methyl sites for hydroxylation is 4. The molecule has 6 rings (SSSR count). The highest BCUT2D eigenvalue weighted by Crippen LogP contribution is 2.36. The molecule has 0 atom stereocenters. The summed E-state index contributed by atoms with van der Waals surface area (Å²) in [5.74, 6) is 2.12. The number of ether oxygens (including phenoxy) is 1. The van der Waals surface area contributed by atoms with Gasteiger partial charge in [0.2, 0.25) is 5.88 Å². The fourth-order valence-electron chi connectivity index (χ4n) is 4.86. The number of benzene rings is 3. The van der Waals surface area contributed by atoms with E-state index in [2.05, 4.69) is 59.8 Å². The number of pyridine rings is 2. The number of aromatic nitrogens is 3. The lowest BCUT2D eigenvalue weighted by Gasteiger charge is -2.11. The third-order valence-corrected chi connectivity index (χ3v) is 6.46. The van der Waals surface area contributed by atoms with Gasteiger partial charge in [0.1, 0.15) is 22.8 Å². The minimum absolute atomic E-state index is 0.142. The van der Waals surface area contributed by atoms with Gasteiger partial charge in [-0.05, 0) is 86.8 Å². The second-order valence-corrected chi connectivity index (χ2v) is 9.23. The summed E-state index contributed by atoms with van der Waals surface area (Å²) in [5.41, 5.74) is 7.05. The standard InChI is InChI=1S/C30H25N3O2/c1-17-5-8-23-24-9-7-21(35-29-12-10-22-19(3)6-11-27(34)30(22)32-29)16-26(24)33(25(23)14-17)28-15-18(2)13-20(4)31-28/h5-16,34H,1-4H3. The highest BCUT2D eigenvalue weighted by molar-refractivity contribution is 6.09. The van der Waals surface area contributed by atoms with Crippen LogP contribution in [0.5, 0.6) is 17.4 Å². The van der Waals surface area contributed by atoms with Crippen LogP contribution in [0.4, 0.5) is 0 Å². The highest BCUT2D eigenvalue weighted by atomic mass is 16.5. The SMILES string of the molecule is Cc1cc(C)nc(-n2c3cc(C)ccc3c3ccc(Oc4ccc5c(C)ccc(O)c5n4)cc32)c1. The van der Waals surface area contributed by atoms with Crippen LogP contribution in [0.1, 0.15) is 22.4 Å². The van der Waals surface area contributed by atoms with Gasteiger partial charge in [0.15, 0.2) is 0 Å². The molecule has 6 aromatic rings. The highest BCUT2D eigenvalue weighted by Gasteiger charge is 2.16. The third-order valence-electron chi connectivity index (χ3n) is 6.46. The van der Waals surface area contributed by atoms with Gasteiger partial charge in [-0.25, -0.2) is 9.97 Å². The van der Waals surface area contributed by atoms with Gasteiger partial charge in [0.05, 0.1) is 11.0 Å². The first kappa shape index (κ1) is 21.2. The molecule has 0 spiro atoms. The first-order valence-corrected chi connectivity index (χ1v) is 11.6. The van der Waals surface area contributed by atoms with Gasteiger partial charge in [-0.15, -0.1) is 0 Å². The molecule has 0 bridgehead atoms. The molecular formula is C30H25N3O2. The van der Waals surface area contributed by atoms with Crippen molar-refractivity contribution in [1.29, 1.82) is 0 Å². The van der Waals surface area contributed by atoms with E-state index in [0.29, 0.717) is 17.1 Å². The number of hydrogen-bond acceptors (Lipinski definition) is 4. The number of phenols is 1. The van der Waals surface area contributed by atoms with Gasteiger partial charge in [-0.2, -0.15) is 0 Å². The number of nitrogens with zero attached hydrogens (tertiary/aromatic N) is 3. The minimum Gasteiger partial charge on any atom is -0.506 e. The molecule has 5 nitrogen and oxygen atoms in total. The zero-order valence-corrected chi connectivity index (χ0v) is 20.1. The van der Waals surface area contributed by atoms with Crippen molar-refractivity contribution in [3.63, 3.8) is 0 Å². The fraction of sp³-hybridized carbons (Fsp3) is 0.133. The Labute approximate surface area is 203 Å². The summed E-state index contributed by atoms with van der Waals surface area (Å²) in [7, 11) is 0. The number of phenolic OH excluding ortho intramolecular Hbond substituents is 1. The Kier molecular flexibility index (Phi) is 4.74. The summed E-state index contributed by atoms with van der Waals surface area (Å²) in [6, 6.07) is 24.1. The van der Waals surface area contributed by atoms with Crippen molar-refractivity contribution in [3.05, 3.63) is 95.2 Å². The van der Waals surface area contributed by atoms with Crippen LogP contribution in [-0.2, 0) is 0 Å². The topological polar surface area (TPSA) is 60.2 Å². The predicted molar refractivity (Wildman–Crippen MR) is 141 cm³/mol. The molecule has 3 aromatic carbocycles. The van der Waals surface area contributed by atoms with Crippen molar-refractivity contribution in [3.8, 4) is 23.2 Å². The van der Waals surface area contributed by atoms with Crippen LogP contribution in [0.25, 0.3) is 38.5 Å². The molecule has 0 aliphatic rings. The van der Waals surface area contributed by atoms with Gasteiger partial charge < -0.3 is 9.84 Å². The maximum Gasteiger partial charge on any atom is 0.219 e. The van der Waals surface area contributed by atoms with E-state index in [4.69, 9.17) is 9.72 Å². The Balaban J connectivity index is 1.54. The van der Waals surface area contributed by atoms with E-state index in [9.17, 15) is 5.11 Å². The van der Waals surface area contributed by atoms with Crippen molar-refractivity contribution in [2.24, 2.45) is 0 Å². The van der Waals surface area contributed by atoms with E-state index in [0.717, 1.165) is 44.4 Å². The molecule has 3 aromatic heterocycles. The van der Waals surface area contributed by atoms with Crippen LogP contribution in [0, 0.1) is 27.7 Å². The van der Waals surface area contributed by atoms with Crippen LogP contribution in [0.15, 0.2) is 72.8 Å². The average molecular weight is 460 g/mol. The van der Waals surface area contributed by atoms with Crippen molar-refractivity contribution in [2.75, 3.05) is 0 Å². The van der Waals surface area contributed by atoms with E-state index in [1.807, 2.05) is 44.2 Å². The Hall–Kier alpha value is -4.38. The number of rotatable bonds is 3. The Morgan fingerprint density at radius 2 is 1.43 bits per heavy atom. The second kappa shape index (κ2) is 7.84. The van der Waals surface area contributed by atoms with E-state index in [1.54, 1.807) is 6.07 Å². The van der Waals surface area contributed by atoms with Gasteiger partial charge in [-0.3, -0.25) is 4.57 Å². The van der Waals surface area contributed by atoms with Crippen molar-refractivity contribution in [1.82, 2.24) is 14.5 Å². The van der Waals surface area contributed by atoms with E-state index < -0.39 is 0 Å². The predicted octanol–water partition coefficient (Wildman–Crippen LogP) is 7.46. The molecule has 0 saturated carbocycles. The monoisotopic (exact) mass is 459 g/mol. The quantitative estimate of drug-likeness (QED) is 0.298. The summed E-state index contributed by atoms with van der Waals surface area (Å²) in [6.07, 6.45) is 0. The number of aromatic hydroxyl groups is 1. The lowest BCUT2D eigenvalue weighted by atomic mass is 10.1. The molecule has 0 aliphatic carbocycles. The van der Waals surface area contributed by atoms with Gasteiger partial charge in [0, 0.05) is 34.0 Å². The molecule has 0 unspecified atom stereocenters. The molecule has 172 valence electrons. The third kappa shape index (κ3) is 3.56. The van der Waals surface area contributed by atoms with Crippen LogP contribution in [-0.4, -0.2) is 19.6 Å². The first-order valence-electron chi connectivity index (χ1n) is 11.6. The fourth-order valence-corrected chi connectivity index (χ4v) is 4.86. The van der Waals surface area contributed by atoms with Crippen molar-refractivity contribution in [2.45, 2.75) is 27.7 Å². The summed E-state index contributed by atoms with van der Waals surface area (Å²) < 4.78 is 8.39. The molecule has 3 heterocycles. The number of fused-ring (bicyclic) bond motifs is 4. The zero-order valence-electron chi connectivity index (χ0n) is 20.1. The molecule has 0 radical (unpaired) electrons.